The SMILES string of the molecule is CC1CCc2c(Br)cccc2C1N1CCNCC1. The lowest BCUT2D eigenvalue weighted by molar-refractivity contribution is 0.119. The van der Waals surface area contributed by atoms with Crippen molar-refractivity contribution < 1.29 is 0 Å². The Labute approximate surface area is 118 Å². The van der Waals surface area contributed by atoms with Gasteiger partial charge >= 0.3 is 0 Å². The predicted molar refractivity (Wildman–Crippen MR) is 78.8 cm³/mol. The molecule has 2 atom stereocenters. The second-order valence-corrected chi connectivity index (χ2v) is 6.41. The van der Waals surface area contributed by atoms with Crippen molar-refractivity contribution in [2.75, 3.05) is 26.2 Å². The van der Waals surface area contributed by atoms with Gasteiger partial charge in [0.15, 0.2) is 0 Å². The van der Waals surface area contributed by atoms with Gasteiger partial charge in [0.2, 0.25) is 0 Å². The second-order valence-electron chi connectivity index (χ2n) is 5.55. The standard InChI is InChI=1S/C15H21BrN2/c1-11-5-6-12-13(3-2-4-14(12)16)15(11)18-9-7-17-8-10-18/h2-4,11,15,17H,5-10H2,1H3. The molecule has 1 aliphatic carbocycles. The highest BCUT2D eigenvalue weighted by molar-refractivity contribution is 9.10. The molecular weight excluding hydrogens is 288 g/mol. The molecule has 98 valence electrons. The van der Waals surface area contributed by atoms with E-state index in [0.29, 0.717) is 6.04 Å². The number of halogens is 1. The number of rotatable bonds is 1. The van der Waals surface area contributed by atoms with Gasteiger partial charge in [-0.25, -0.2) is 0 Å². The maximum atomic E-state index is 3.72. The predicted octanol–water partition coefficient (Wildman–Crippen LogP) is 2.98. The van der Waals surface area contributed by atoms with Crippen LogP contribution < -0.4 is 5.32 Å². The van der Waals surface area contributed by atoms with E-state index in [1.807, 2.05) is 0 Å². The van der Waals surface area contributed by atoms with E-state index in [2.05, 4.69) is 51.3 Å². The molecule has 2 aliphatic rings. The maximum absolute atomic E-state index is 3.72. The van der Waals surface area contributed by atoms with Gasteiger partial charge in [-0.1, -0.05) is 35.0 Å². The fourth-order valence-electron chi connectivity index (χ4n) is 3.47. The van der Waals surface area contributed by atoms with E-state index in [-0.39, 0.29) is 0 Å². The molecule has 0 radical (unpaired) electrons. The summed E-state index contributed by atoms with van der Waals surface area (Å²) in [6.45, 7) is 7.04. The van der Waals surface area contributed by atoms with Crippen molar-refractivity contribution in [2.45, 2.75) is 25.8 Å². The highest BCUT2D eigenvalue weighted by atomic mass is 79.9. The van der Waals surface area contributed by atoms with Crippen LogP contribution in [0.5, 0.6) is 0 Å². The van der Waals surface area contributed by atoms with Crippen LogP contribution in [0.15, 0.2) is 22.7 Å². The van der Waals surface area contributed by atoms with Crippen LogP contribution >= 0.6 is 15.9 Å². The van der Waals surface area contributed by atoms with Crippen molar-refractivity contribution >= 4 is 15.9 Å². The Bertz CT molecular complexity index is 427. The normalized spacial score (nSPS) is 29.0. The van der Waals surface area contributed by atoms with Crippen LogP contribution in [0.1, 0.15) is 30.5 Å². The third-order valence-electron chi connectivity index (χ3n) is 4.41. The molecule has 1 aliphatic heterocycles. The summed E-state index contributed by atoms with van der Waals surface area (Å²) in [6, 6.07) is 7.33. The van der Waals surface area contributed by atoms with Crippen LogP contribution in [0.25, 0.3) is 0 Å². The van der Waals surface area contributed by atoms with Crippen molar-refractivity contribution in [1.29, 1.82) is 0 Å². The second kappa shape index (κ2) is 5.32. The Hall–Kier alpha value is -0.380. The van der Waals surface area contributed by atoms with Gasteiger partial charge in [-0.05, 0) is 36.0 Å². The van der Waals surface area contributed by atoms with Gasteiger partial charge in [-0.3, -0.25) is 4.90 Å². The first kappa shape index (κ1) is 12.6. The molecule has 1 heterocycles. The van der Waals surface area contributed by atoms with Gasteiger partial charge in [0.05, 0.1) is 0 Å². The summed E-state index contributed by atoms with van der Waals surface area (Å²) in [4.78, 5) is 2.67. The Morgan fingerprint density at radius 2 is 2.06 bits per heavy atom. The molecule has 1 fully saturated rings. The average molecular weight is 309 g/mol. The fraction of sp³-hybridized carbons (Fsp3) is 0.600. The summed E-state index contributed by atoms with van der Waals surface area (Å²) in [5, 5.41) is 3.45. The van der Waals surface area contributed by atoms with Crippen LogP contribution in [-0.4, -0.2) is 31.1 Å². The van der Waals surface area contributed by atoms with Crippen molar-refractivity contribution in [2.24, 2.45) is 5.92 Å². The van der Waals surface area contributed by atoms with Crippen molar-refractivity contribution in [1.82, 2.24) is 10.2 Å². The van der Waals surface area contributed by atoms with E-state index in [1.54, 1.807) is 11.1 Å². The van der Waals surface area contributed by atoms with Crippen molar-refractivity contribution in [3.63, 3.8) is 0 Å². The lowest BCUT2D eigenvalue weighted by Crippen LogP contribution is -2.47. The van der Waals surface area contributed by atoms with Crippen molar-refractivity contribution in [3.05, 3.63) is 33.8 Å². The quantitative estimate of drug-likeness (QED) is 0.858. The smallest absolute Gasteiger partial charge is 0.0377 e. The molecule has 2 nitrogen and oxygen atoms in total. The Morgan fingerprint density at radius 1 is 1.28 bits per heavy atom. The molecule has 18 heavy (non-hydrogen) atoms. The Morgan fingerprint density at radius 3 is 2.83 bits per heavy atom. The third kappa shape index (κ3) is 2.24. The molecule has 0 amide bonds. The summed E-state index contributed by atoms with van der Waals surface area (Å²) >= 11 is 3.72. The van der Waals surface area contributed by atoms with Gasteiger partial charge in [0.1, 0.15) is 0 Å². The Balaban J connectivity index is 1.96. The zero-order valence-electron chi connectivity index (χ0n) is 11.0. The first-order valence-corrected chi connectivity index (χ1v) is 7.78. The van der Waals surface area contributed by atoms with Crippen LogP contribution in [0.4, 0.5) is 0 Å². The molecule has 0 aromatic heterocycles. The minimum absolute atomic E-state index is 0.619. The van der Waals surface area contributed by atoms with Crippen LogP contribution in [0.3, 0.4) is 0 Å². The van der Waals surface area contributed by atoms with Crippen LogP contribution in [0.2, 0.25) is 0 Å². The van der Waals surface area contributed by atoms with Gasteiger partial charge in [0.25, 0.3) is 0 Å². The van der Waals surface area contributed by atoms with E-state index < -0.39 is 0 Å². The molecule has 0 bridgehead atoms. The van der Waals surface area contributed by atoms with Gasteiger partial charge in [-0.15, -0.1) is 0 Å². The summed E-state index contributed by atoms with van der Waals surface area (Å²) in [5.74, 6) is 0.768. The van der Waals surface area contributed by atoms with E-state index in [0.717, 1.165) is 19.0 Å². The summed E-state index contributed by atoms with van der Waals surface area (Å²) in [5.41, 5.74) is 3.10. The minimum atomic E-state index is 0.619. The molecule has 2 unspecified atom stereocenters. The minimum Gasteiger partial charge on any atom is -0.314 e. The molecule has 1 aromatic rings. The average Bonchev–Trinajstić information content (AvgIpc) is 2.40. The number of hydrogen-bond acceptors (Lipinski definition) is 2. The topological polar surface area (TPSA) is 15.3 Å². The lowest BCUT2D eigenvalue weighted by Gasteiger charge is -2.42. The van der Waals surface area contributed by atoms with Crippen LogP contribution in [-0.2, 0) is 6.42 Å². The fourth-order valence-corrected chi connectivity index (χ4v) is 4.05. The van der Waals surface area contributed by atoms with Gasteiger partial charge in [0, 0.05) is 36.7 Å². The number of fused-ring (bicyclic) bond motifs is 1. The van der Waals surface area contributed by atoms with Gasteiger partial charge in [-0.2, -0.15) is 0 Å². The molecule has 0 spiro atoms. The molecule has 1 saturated heterocycles. The molecule has 3 rings (SSSR count). The number of nitrogens with zero attached hydrogens (tertiary/aromatic N) is 1. The molecule has 1 N–H and O–H groups in total. The molecule has 1 aromatic carbocycles. The zero-order valence-corrected chi connectivity index (χ0v) is 12.5. The zero-order chi connectivity index (χ0) is 12.5. The summed E-state index contributed by atoms with van der Waals surface area (Å²) < 4.78 is 1.30. The van der Waals surface area contributed by atoms with Crippen molar-refractivity contribution in [3.8, 4) is 0 Å². The summed E-state index contributed by atoms with van der Waals surface area (Å²) in [6.07, 6.45) is 2.53. The monoisotopic (exact) mass is 308 g/mol. The first-order chi connectivity index (χ1) is 8.77. The van der Waals surface area contributed by atoms with Crippen LogP contribution in [0, 0.1) is 5.92 Å². The highest BCUT2D eigenvalue weighted by Gasteiger charge is 2.32. The van der Waals surface area contributed by atoms with E-state index >= 15 is 0 Å². The molecular formula is C15H21BrN2. The molecule has 3 heteroatoms. The van der Waals surface area contributed by atoms with Gasteiger partial charge < -0.3 is 5.32 Å². The highest BCUT2D eigenvalue weighted by Crippen LogP contribution is 2.40. The lowest BCUT2D eigenvalue weighted by atomic mass is 9.79. The third-order valence-corrected chi connectivity index (χ3v) is 5.15. The van der Waals surface area contributed by atoms with E-state index in [4.69, 9.17) is 0 Å². The number of piperazine rings is 1. The number of benzene rings is 1. The Kier molecular flexibility index (Phi) is 3.73. The first-order valence-electron chi connectivity index (χ1n) is 6.99. The van der Waals surface area contributed by atoms with E-state index in [9.17, 15) is 0 Å². The molecule has 0 saturated carbocycles. The maximum Gasteiger partial charge on any atom is 0.0377 e. The number of hydrogen-bond donors (Lipinski definition) is 1. The van der Waals surface area contributed by atoms with E-state index in [1.165, 1.54) is 30.4 Å². The number of nitrogens with one attached hydrogen (secondary N) is 1. The summed E-state index contributed by atoms with van der Waals surface area (Å²) in [7, 11) is 0. The largest absolute Gasteiger partial charge is 0.314 e.